The lowest BCUT2D eigenvalue weighted by molar-refractivity contribution is -0.118. The van der Waals surface area contributed by atoms with Gasteiger partial charge in [0.1, 0.15) is 15.8 Å². The van der Waals surface area contributed by atoms with E-state index in [0.717, 1.165) is 41.4 Å². The van der Waals surface area contributed by atoms with Crippen LogP contribution in [0.5, 0.6) is 0 Å². The average molecular weight is 601 g/mol. The van der Waals surface area contributed by atoms with Gasteiger partial charge in [0.25, 0.3) is 5.91 Å². The molecule has 1 saturated heterocycles. The van der Waals surface area contributed by atoms with Gasteiger partial charge in [-0.3, -0.25) is 14.4 Å². The summed E-state index contributed by atoms with van der Waals surface area (Å²) in [5, 5.41) is 3.39. The maximum absolute atomic E-state index is 13.2. The number of Topliss-reactive ketones (excluding diaryl/α,β-unsaturated/α-hetero) is 1. The third-order valence-corrected chi connectivity index (χ3v) is 10.4. The summed E-state index contributed by atoms with van der Waals surface area (Å²) in [6, 6.07) is 11.4. The van der Waals surface area contributed by atoms with Crippen LogP contribution in [0.1, 0.15) is 40.7 Å². The lowest BCUT2D eigenvalue weighted by atomic mass is 9.97. The molecule has 0 atom stereocenters. The quantitative estimate of drug-likeness (QED) is 0.259. The highest BCUT2D eigenvalue weighted by atomic mass is 35.5. The molecule has 0 unspecified atom stereocenters. The molecule has 3 aromatic rings. The number of amides is 2. The molecular formula is C28H29ClN4O5S2. The molecule has 4 heterocycles. The zero-order chi connectivity index (χ0) is 28.3. The number of thiophene rings is 1. The number of hydrogen-bond acceptors (Lipinski definition) is 9. The van der Waals surface area contributed by atoms with Crippen molar-refractivity contribution < 1.29 is 22.8 Å². The molecule has 0 saturated carbocycles. The lowest BCUT2D eigenvalue weighted by Crippen LogP contribution is -2.43. The minimum Gasteiger partial charge on any atom is -0.385 e. The molecule has 40 heavy (non-hydrogen) atoms. The number of likely N-dealkylation sites (tertiary alicyclic amines) is 1. The van der Waals surface area contributed by atoms with E-state index >= 15 is 0 Å². The largest absolute Gasteiger partial charge is 0.385 e. The number of pyridine rings is 1. The van der Waals surface area contributed by atoms with Crippen LogP contribution < -0.4 is 10.2 Å². The number of nitrogens with one attached hydrogen (secondary N) is 1. The van der Waals surface area contributed by atoms with Gasteiger partial charge in [0.15, 0.2) is 15.6 Å². The summed E-state index contributed by atoms with van der Waals surface area (Å²) in [5.41, 5.74) is 2.48. The Morgan fingerprint density at radius 3 is 2.58 bits per heavy atom. The minimum atomic E-state index is -3.78. The van der Waals surface area contributed by atoms with Crippen molar-refractivity contribution >= 4 is 61.9 Å². The van der Waals surface area contributed by atoms with Gasteiger partial charge in [-0.05, 0) is 86.4 Å². The predicted octanol–water partition coefficient (Wildman–Crippen LogP) is 4.01. The Morgan fingerprint density at radius 2 is 1.88 bits per heavy atom. The molecule has 1 N–H and O–H groups in total. The van der Waals surface area contributed by atoms with E-state index in [0.29, 0.717) is 21.0 Å². The van der Waals surface area contributed by atoms with Gasteiger partial charge >= 0.3 is 0 Å². The Hall–Kier alpha value is -3.12. The van der Waals surface area contributed by atoms with Crippen molar-refractivity contribution in [1.82, 2.24) is 9.88 Å². The highest BCUT2D eigenvalue weighted by molar-refractivity contribution is 7.94. The Balaban J connectivity index is 1.19. The van der Waals surface area contributed by atoms with Gasteiger partial charge in [0.2, 0.25) is 5.91 Å². The summed E-state index contributed by atoms with van der Waals surface area (Å²) < 4.78 is 25.3. The second-order valence-corrected chi connectivity index (χ2v) is 13.9. The third-order valence-electron chi connectivity index (χ3n) is 6.95. The van der Waals surface area contributed by atoms with Crippen LogP contribution in [0.3, 0.4) is 0 Å². The molecule has 2 aliphatic rings. The molecule has 5 rings (SSSR count). The highest BCUT2D eigenvalue weighted by Gasteiger charge is 2.33. The Labute approximate surface area is 242 Å². The third kappa shape index (κ3) is 6.60. The minimum absolute atomic E-state index is 0.0437. The first kappa shape index (κ1) is 28.4. The maximum Gasteiger partial charge on any atom is 0.266 e. The summed E-state index contributed by atoms with van der Waals surface area (Å²) in [6.07, 6.45) is 4.87. The predicted molar refractivity (Wildman–Crippen MR) is 155 cm³/mol. The average Bonchev–Trinajstić information content (AvgIpc) is 3.59. The number of halogens is 1. The van der Waals surface area contributed by atoms with Crippen molar-refractivity contribution in [3.63, 3.8) is 0 Å². The maximum atomic E-state index is 13.2. The fourth-order valence-electron chi connectivity index (χ4n) is 4.99. The number of anilines is 2. The molecule has 0 spiro atoms. The zero-order valence-corrected chi connectivity index (χ0v) is 24.2. The number of nitrogens with zero attached hydrogens (tertiary/aromatic N) is 3. The second-order valence-electron chi connectivity index (χ2n) is 9.97. The normalized spacial score (nSPS) is 15.9. The first-order valence-corrected chi connectivity index (χ1v) is 16.0. The van der Waals surface area contributed by atoms with Crippen molar-refractivity contribution in [2.45, 2.75) is 36.3 Å². The van der Waals surface area contributed by atoms with Gasteiger partial charge in [-0.1, -0.05) is 17.7 Å². The number of sulfone groups is 1. The number of carbonyl (C=O) groups excluding carboxylic acids is 3. The standard InChI is InChI=1S/C28H29ClN4O5S2/c29-24-7-9-27(39-24)40(37,38)18-22(34)14-19-4-8-25(31-17-19)33-26(35)16-20-15-21(5-6-23(20)28(33)36)30-10-3-13-32-11-1-2-12-32/h4-9,15,17,30H,1-3,10-14,16,18H2. The second kappa shape index (κ2) is 12.2. The van der Waals surface area contributed by atoms with E-state index in [1.807, 2.05) is 12.1 Å². The van der Waals surface area contributed by atoms with Crippen LogP contribution in [0.15, 0.2) is 52.9 Å². The number of rotatable bonds is 11. The number of aromatic nitrogens is 1. The van der Waals surface area contributed by atoms with Crippen LogP contribution in [-0.4, -0.2) is 67.8 Å². The van der Waals surface area contributed by atoms with Crippen LogP contribution in [0.4, 0.5) is 11.5 Å². The molecule has 2 aliphatic heterocycles. The first-order valence-electron chi connectivity index (χ1n) is 13.1. The lowest BCUT2D eigenvalue weighted by Gasteiger charge is -2.26. The number of ketones is 1. The molecule has 0 aliphatic carbocycles. The van der Waals surface area contributed by atoms with Gasteiger partial charge in [-0.2, -0.15) is 0 Å². The molecule has 210 valence electrons. The smallest absolute Gasteiger partial charge is 0.266 e. The van der Waals surface area contributed by atoms with E-state index in [9.17, 15) is 22.8 Å². The van der Waals surface area contributed by atoms with Gasteiger partial charge in [0, 0.05) is 30.4 Å². The number of benzene rings is 1. The Kier molecular flexibility index (Phi) is 8.65. The molecule has 1 fully saturated rings. The SMILES string of the molecule is O=C(Cc1ccc(N2C(=O)Cc3cc(NCCCN4CCCC4)ccc3C2=O)nc1)CS(=O)(=O)c1ccc(Cl)s1. The van der Waals surface area contributed by atoms with E-state index in [1.165, 1.54) is 50.3 Å². The zero-order valence-electron chi connectivity index (χ0n) is 21.8. The monoisotopic (exact) mass is 600 g/mol. The molecular weight excluding hydrogens is 572 g/mol. The number of imide groups is 1. The van der Waals surface area contributed by atoms with Crippen LogP contribution >= 0.6 is 22.9 Å². The molecule has 0 radical (unpaired) electrons. The number of fused-ring (bicyclic) bond motifs is 1. The van der Waals surface area contributed by atoms with Crippen LogP contribution in [-0.2, 0) is 32.3 Å². The van der Waals surface area contributed by atoms with E-state index in [-0.39, 0.29) is 28.8 Å². The van der Waals surface area contributed by atoms with Crippen molar-refractivity contribution in [1.29, 1.82) is 0 Å². The summed E-state index contributed by atoms with van der Waals surface area (Å²) in [6.45, 7) is 4.22. The Morgan fingerprint density at radius 1 is 1.07 bits per heavy atom. The van der Waals surface area contributed by atoms with Gasteiger partial charge in [-0.25, -0.2) is 18.3 Å². The van der Waals surface area contributed by atoms with Crippen molar-refractivity contribution in [3.8, 4) is 0 Å². The molecule has 12 heteroatoms. The molecule has 1 aromatic carbocycles. The summed E-state index contributed by atoms with van der Waals surface area (Å²) >= 11 is 6.72. The van der Waals surface area contributed by atoms with Gasteiger partial charge in [0.05, 0.1) is 10.8 Å². The molecule has 2 amide bonds. The fourth-order valence-corrected chi connectivity index (χ4v) is 7.80. The Bertz CT molecular complexity index is 1530. The van der Waals surface area contributed by atoms with Crippen LogP contribution in [0, 0.1) is 0 Å². The first-order chi connectivity index (χ1) is 19.2. The summed E-state index contributed by atoms with van der Waals surface area (Å²) in [5.74, 6) is -1.84. The van der Waals surface area contributed by atoms with Crippen LogP contribution in [0.2, 0.25) is 4.34 Å². The fraction of sp³-hybridized carbons (Fsp3) is 0.357. The van der Waals surface area contributed by atoms with Gasteiger partial charge in [-0.15, -0.1) is 11.3 Å². The van der Waals surface area contributed by atoms with E-state index in [4.69, 9.17) is 11.6 Å². The van der Waals surface area contributed by atoms with Crippen molar-refractivity contribution in [3.05, 3.63) is 69.7 Å². The molecule has 9 nitrogen and oxygen atoms in total. The topological polar surface area (TPSA) is 117 Å². The van der Waals surface area contributed by atoms with Crippen LogP contribution in [0.25, 0.3) is 0 Å². The van der Waals surface area contributed by atoms with Crippen molar-refractivity contribution in [2.24, 2.45) is 0 Å². The number of carbonyl (C=O) groups is 3. The van der Waals surface area contributed by atoms with E-state index in [2.05, 4.69) is 15.2 Å². The molecule has 0 bridgehead atoms. The van der Waals surface area contributed by atoms with Crippen molar-refractivity contribution in [2.75, 3.05) is 42.1 Å². The molecule has 2 aromatic heterocycles. The number of hydrogen-bond donors (Lipinski definition) is 1. The summed E-state index contributed by atoms with van der Waals surface area (Å²) in [7, 11) is -3.78. The van der Waals surface area contributed by atoms with E-state index in [1.54, 1.807) is 12.1 Å². The van der Waals surface area contributed by atoms with Gasteiger partial charge < -0.3 is 10.2 Å². The van der Waals surface area contributed by atoms with E-state index < -0.39 is 27.3 Å². The summed E-state index contributed by atoms with van der Waals surface area (Å²) in [4.78, 5) is 46.4. The highest BCUT2D eigenvalue weighted by Crippen LogP contribution is 2.28.